The summed E-state index contributed by atoms with van der Waals surface area (Å²) in [5.74, 6) is 2.25. The molecule has 3 heteroatoms. The lowest BCUT2D eigenvalue weighted by molar-refractivity contribution is 0.300. The van der Waals surface area contributed by atoms with Crippen LogP contribution in [0.15, 0.2) is 54.6 Å². The van der Waals surface area contributed by atoms with Gasteiger partial charge < -0.3 is 4.90 Å². The summed E-state index contributed by atoms with van der Waals surface area (Å²) < 4.78 is 0. The third kappa shape index (κ3) is 4.05. The second-order valence-electron chi connectivity index (χ2n) is 5.85. The second kappa shape index (κ2) is 7.70. The van der Waals surface area contributed by atoms with Crippen LogP contribution < -0.4 is 4.90 Å². The third-order valence-electron chi connectivity index (χ3n) is 4.21. The van der Waals surface area contributed by atoms with E-state index in [1.165, 1.54) is 16.8 Å². The van der Waals surface area contributed by atoms with Crippen molar-refractivity contribution in [2.75, 3.05) is 37.0 Å². The Morgan fingerprint density at radius 1 is 0.864 bits per heavy atom. The number of anilines is 1. The molecule has 0 atom stereocenters. The summed E-state index contributed by atoms with van der Waals surface area (Å²) in [5.41, 5.74) is 4.21. The molecule has 1 saturated heterocycles. The molecule has 0 aromatic heterocycles. The van der Waals surface area contributed by atoms with Crippen LogP contribution in [0.1, 0.15) is 11.1 Å². The first kappa shape index (κ1) is 15.4. The van der Waals surface area contributed by atoms with Gasteiger partial charge in [-0.1, -0.05) is 48.5 Å². The average molecular weight is 312 g/mol. The molecule has 0 amide bonds. The first-order valence-electron chi connectivity index (χ1n) is 7.97. The van der Waals surface area contributed by atoms with E-state index in [0.29, 0.717) is 0 Å². The molecule has 22 heavy (non-hydrogen) atoms. The van der Waals surface area contributed by atoms with Crippen LogP contribution in [0.5, 0.6) is 0 Å². The van der Waals surface area contributed by atoms with Crippen LogP contribution in [0.4, 0.5) is 5.69 Å². The lowest BCUT2D eigenvalue weighted by Gasteiger charge is -2.36. The van der Waals surface area contributed by atoms with E-state index in [1.54, 1.807) is 0 Å². The van der Waals surface area contributed by atoms with Gasteiger partial charge in [-0.2, -0.15) is 0 Å². The maximum atomic E-state index is 2.57. The Kier molecular flexibility index (Phi) is 5.41. The summed E-state index contributed by atoms with van der Waals surface area (Å²) in [5, 5.41) is 0. The number of aryl methyl sites for hydroxylation is 1. The van der Waals surface area contributed by atoms with Gasteiger partial charge in [0.15, 0.2) is 0 Å². The van der Waals surface area contributed by atoms with E-state index in [1.807, 2.05) is 11.8 Å². The van der Waals surface area contributed by atoms with Crippen molar-refractivity contribution in [3.63, 3.8) is 0 Å². The zero-order chi connectivity index (χ0) is 15.2. The van der Waals surface area contributed by atoms with Gasteiger partial charge in [0.1, 0.15) is 0 Å². The Hall–Kier alpha value is -1.45. The largest absolute Gasteiger partial charge is 0.369 e. The summed E-state index contributed by atoms with van der Waals surface area (Å²) in [6.07, 6.45) is 0. The molecule has 2 nitrogen and oxygen atoms in total. The van der Waals surface area contributed by atoms with Gasteiger partial charge in [0.25, 0.3) is 0 Å². The van der Waals surface area contributed by atoms with Crippen molar-refractivity contribution in [2.24, 2.45) is 0 Å². The highest BCUT2D eigenvalue weighted by Crippen LogP contribution is 2.21. The molecular formula is C19H24N2S. The maximum Gasteiger partial charge on any atom is 0.0449 e. The molecule has 3 rings (SSSR count). The molecule has 0 unspecified atom stereocenters. The van der Waals surface area contributed by atoms with Crippen LogP contribution in [-0.4, -0.2) is 37.0 Å². The van der Waals surface area contributed by atoms with Gasteiger partial charge in [-0.25, -0.2) is 0 Å². The van der Waals surface area contributed by atoms with Crippen molar-refractivity contribution in [1.82, 2.24) is 4.90 Å². The number of piperazine rings is 1. The molecule has 2 aromatic carbocycles. The number of hydrogen-bond acceptors (Lipinski definition) is 3. The van der Waals surface area contributed by atoms with Crippen molar-refractivity contribution < 1.29 is 0 Å². The van der Waals surface area contributed by atoms with E-state index in [-0.39, 0.29) is 0 Å². The van der Waals surface area contributed by atoms with E-state index in [9.17, 15) is 0 Å². The minimum absolute atomic E-state index is 1.11. The summed E-state index contributed by atoms with van der Waals surface area (Å²) in [6.45, 7) is 6.80. The molecular weight excluding hydrogens is 288 g/mol. The number of rotatable bonds is 5. The first-order valence-corrected chi connectivity index (χ1v) is 9.13. The van der Waals surface area contributed by atoms with Crippen LogP contribution in [-0.2, 0) is 5.75 Å². The quantitative estimate of drug-likeness (QED) is 0.824. The Morgan fingerprint density at radius 3 is 2.27 bits per heavy atom. The van der Waals surface area contributed by atoms with E-state index in [0.717, 1.165) is 37.8 Å². The highest BCUT2D eigenvalue weighted by Gasteiger charge is 2.17. The van der Waals surface area contributed by atoms with Crippen LogP contribution >= 0.6 is 11.8 Å². The Morgan fingerprint density at radius 2 is 1.55 bits per heavy atom. The monoisotopic (exact) mass is 312 g/mol. The highest BCUT2D eigenvalue weighted by molar-refractivity contribution is 7.98. The van der Waals surface area contributed by atoms with Crippen molar-refractivity contribution in [2.45, 2.75) is 12.7 Å². The van der Waals surface area contributed by atoms with Gasteiger partial charge >= 0.3 is 0 Å². The summed E-state index contributed by atoms with van der Waals surface area (Å²) >= 11 is 2.02. The first-order chi connectivity index (χ1) is 10.8. The van der Waals surface area contributed by atoms with Gasteiger partial charge in [-0.15, -0.1) is 11.8 Å². The molecule has 0 bridgehead atoms. The van der Waals surface area contributed by atoms with Crippen LogP contribution in [0.2, 0.25) is 0 Å². The van der Waals surface area contributed by atoms with Crippen molar-refractivity contribution in [1.29, 1.82) is 0 Å². The number of hydrogen-bond donors (Lipinski definition) is 0. The predicted molar refractivity (Wildman–Crippen MR) is 97.6 cm³/mol. The highest BCUT2D eigenvalue weighted by atomic mass is 32.2. The molecule has 0 N–H and O–H groups in total. The molecule has 0 aliphatic carbocycles. The maximum absolute atomic E-state index is 2.57. The molecule has 2 aromatic rings. The molecule has 1 aliphatic heterocycles. The summed E-state index contributed by atoms with van der Waals surface area (Å²) in [6, 6.07) is 19.5. The molecule has 1 aliphatic rings. The van der Waals surface area contributed by atoms with Crippen molar-refractivity contribution >= 4 is 17.4 Å². The zero-order valence-corrected chi connectivity index (χ0v) is 14.1. The topological polar surface area (TPSA) is 6.48 Å². The number of para-hydroxylation sites is 1. The van der Waals surface area contributed by atoms with E-state index in [2.05, 4.69) is 71.3 Å². The lowest BCUT2D eigenvalue weighted by Crippen LogP contribution is -2.46. The summed E-state index contributed by atoms with van der Waals surface area (Å²) in [4.78, 5) is 5.09. The fourth-order valence-electron chi connectivity index (χ4n) is 2.90. The Bertz CT molecular complexity index is 577. The third-order valence-corrected chi connectivity index (χ3v) is 5.30. The predicted octanol–water partition coefficient (Wildman–Crippen LogP) is 4.01. The van der Waals surface area contributed by atoms with Gasteiger partial charge in [0.2, 0.25) is 0 Å². The van der Waals surface area contributed by atoms with E-state index < -0.39 is 0 Å². The number of nitrogens with zero attached hydrogens (tertiary/aromatic N) is 2. The zero-order valence-electron chi connectivity index (χ0n) is 13.2. The standard InChI is InChI=1S/C19H24N2S/c1-17-7-5-6-10-19(17)21-13-11-20(12-14-21)16-22-15-18-8-3-2-4-9-18/h2-10H,11-16H2,1H3. The van der Waals surface area contributed by atoms with Gasteiger partial charge in [0, 0.05) is 43.5 Å². The second-order valence-corrected chi connectivity index (χ2v) is 6.81. The molecule has 116 valence electrons. The van der Waals surface area contributed by atoms with Crippen LogP contribution in [0, 0.1) is 6.92 Å². The summed E-state index contributed by atoms with van der Waals surface area (Å²) in [7, 11) is 0. The van der Waals surface area contributed by atoms with Gasteiger partial charge in [-0.05, 0) is 24.1 Å². The fourth-order valence-corrected chi connectivity index (χ4v) is 3.94. The Labute approximate surface area is 138 Å². The van der Waals surface area contributed by atoms with Crippen molar-refractivity contribution in [3.05, 3.63) is 65.7 Å². The smallest absolute Gasteiger partial charge is 0.0449 e. The number of thioether (sulfide) groups is 1. The van der Waals surface area contributed by atoms with Gasteiger partial charge in [-0.3, -0.25) is 4.90 Å². The van der Waals surface area contributed by atoms with E-state index >= 15 is 0 Å². The van der Waals surface area contributed by atoms with Crippen molar-refractivity contribution in [3.8, 4) is 0 Å². The molecule has 0 saturated carbocycles. The minimum atomic E-state index is 1.11. The molecule has 0 radical (unpaired) electrons. The SMILES string of the molecule is Cc1ccccc1N1CCN(CSCc2ccccc2)CC1. The van der Waals surface area contributed by atoms with Gasteiger partial charge in [0.05, 0.1) is 0 Å². The van der Waals surface area contributed by atoms with E-state index in [4.69, 9.17) is 0 Å². The molecule has 0 spiro atoms. The van der Waals surface area contributed by atoms with Crippen LogP contribution in [0.3, 0.4) is 0 Å². The lowest BCUT2D eigenvalue weighted by atomic mass is 10.1. The average Bonchev–Trinajstić information content (AvgIpc) is 2.57. The Balaban J connectivity index is 1.43. The van der Waals surface area contributed by atoms with Crippen LogP contribution in [0.25, 0.3) is 0 Å². The minimum Gasteiger partial charge on any atom is -0.369 e. The molecule has 1 fully saturated rings. The molecule has 1 heterocycles. The number of benzene rings is 2. The normalized spacial score (nSPS) is 16.0. The fraction of sp³-hybridized carbons (Fsp3) is 0.368.